The Balaban J connectivity index is 2.29. The second-order valence-corrected chi connectivity index (χ2v) is 5.78. The Kier molecular flexibility index (Phi) is 6.37. The third kappa shape index (κ3) is 4.84. The van der Waals surface area contributed by atoms with Gasteiger partial charge in [-0.2, -0.15) is 0 Å². The fraction of sp³-hybridized carbons (Fsp3) is 1.00. The van der Waals surface area contributed by atoms with Crippen molar-refractivity contribution in [1.29, 1.82) is 0 Å². The van der Waals surface area contributed by atoms with Gasteiger partial charge < -0.3 is 10.6 Å². The molecule has 2 heteroatoms. The smallest absolute Gasteiger partial charge is 0.0167 e. The van der Waals surface area contributed by atoms with Crippen molar-refractivity contribution in [2.24, 2.45) is 17.6 Å². The summed E-state index contributed by atoms with van der Waals surface area (Å²) in [7, 11) is 0. The summed E-state index contributed by atoms with van der Waals surface area (Å²) in [5.41, 5.74) is 6.12. The van der Waals surface area contributed by atoms with Crippen molar-refractivity contribution < 1.29 is 0 Å². The van der Waals surface area contributed by atoms with Gasteiger partial charge in [-0.25, -0.2) is 0 Å². The predicted molar refractivity (Wildman–Crippen MR) is 71.5 cm³/mol. The van der Waals surface area contributed by atoms with Gasteiger partial charge in [0.2, 0.25) is 0 Å². The lowest BCUT2D eigenvalue weighted by atomic mass is 9.89. The normalized spacial score (nSPS) is 25.7. The van der Waals surface area contributed by atoms with Crippen molar-refractivity contribution in [3.05, 3.63) is 0 Å². The summed E-state index contributed by atoms with van der Waals surface area (Å²) in [6, 6.07) is 0.389. The molecule has 1 aliphatic rings. The Labute approximate surface area is 102 Å². The van der Waals surface area contributed by atoms with Crippen LogP contribution >= 0.6 is 0 Å². The molecule has 0 radical (unpaired) electrons. The van der Waals surface area contributed by atoms with Crippen LogP contribution in [-0.2, 0) is 0 Å². The summed E-state index contributed by atoms with van der Waals surface area (Å²) < 4.78 is 0. The molecule has 1 rings (SSSR count). The van der Waals surface area contributed by atoms with E-state index in [1.807, 2.05) is 0 Å². The maximum Gasteiger partial charge on any atom is 0.0167 e. The molecule has 1 saturated heterocycles. The zero-order valence-electron chi connectivity index (χ0n) is 11.4. The molecule has 1 aliphatic heterocycles. The molecule has 0 saturated carbocycles. The van der Waals surface area contributed by atoms with Gasteiger partial charge in [-0.15, -0.1) is 0 Å². The first kappa shape index (κ1) is 14.0. The Bertz CT molecular complexity index is 180. The first-order valence-corrected chi connectivity index (χ1v) is 7.11. The Morgan fingerprint density at radius 1 is 1.25 bits per heavy atom. The van der Waals surface area contributed by atoms with E-state index in [1.165, 1.54) is 45.2 Å². The first-order valence-electron chi connectivity index (χ1n) is 7.11. The molecule has 1 fully saturated rings. The summed E-state index contributed by atoms with van der Waals surface area (Å²) in [4.78, 5) is 2.59. The van der Waals surface area contributed by atoms with E-state index in [0.717, 1.165) is 18.4 Å². The van der Waals surface area contributed by atoms with Crippen molar-refractivity contribution in [1.82, 2.24) is 4.90 Å². The summed E-state index contributed by atoms with van der Waals surface area (Å²) >= 11 is 0. The first-order chi connectivity index (χ1) is 7.63. The standard InChI is InChI=1S/C14H30N2/c1-4-6-14(15)11-16-9-5-7-13(8-10-16)12(2)3/h12-14H,4-11,15H2,1-3H3. The van der Waals surface area contributed by atoms with E-state index < -0.39 is 0 Å². The van der Waals surface area contributed by atoms with Crippen molar-refractivity contribution in [3.8, 4) is 0 Å². The van der Waals surface area contributed by atoms with Crippen LogP contribution in [-0.4, -0.2) is 30.6 Å². The van der Waals surface area contributed by atoms with E-state index in [2.05, 4.69) is 25.7 Å². The lowest BCUT2D eigenvalue weighted by Crippen LogP contribution is -2.38. The van der Waals surface area contributed by atoms with Crippen LogP contribution in [0, 0.1) is 11.8 Å². The minimum atomic E-state index is 0.389. The average molecular weight is 226 g/mol. The molecule has 16 heavy (non-hydrogen) atoms. The second kappa shape index (κ2) is 7.29. The van der Waals surface area contributed by atoms with Gasteiger partial charge in [-0.05, 0) is 50.6 Å². The summed E-state index contributed by atoms with van der Waals surface area (Å²) in [5, 5.41) is 0. The molecular formula is C14H30N2. The van der Waals surface area contributed by atoms with E-state index in [9.17, 15) is 0 Å². The van der Waals surface area contributed by atoms with Gasteiger partial charge in [0.25, 0.3) is 0 Å². The van der Waals surface area contributed by atoms with Gasteiger partial charge in [0, 0.05) is 12.6 Å². The summed E-state index contributed by atoms with van der Waals surface area (Å²) in [6.45, 7) is 10.6. The molecule has 1 heterocycles. The number of likely N-dealkylation sites (tertiary alicyclic amines) is 1. The van der Waals surface area contributed by atoms with Crippen LogP contribution in [0.15, 0.2) is 0 Å². The molecule has 2 atom stereocenters. The molecule has 0 aromatic heterocycles. The van der Waals surface area contributed by atoms with Gasteiger partial charge in [0.05, 0.1) is 0 Å². The molecule has 2 unspecified atom stereocenters. The van der Waals surface area contributed by atoms with E-state index in [-0.39, 0.29) is 0 Å². The largest absolute Gasteiger partial charge is 0.327 e. The maximum absolute atomic E-state index is 6.12. The number of hydrogen-bond donors (Lipinski definition) is 1. The fourth-order valence-electron chi connectivity index (χ4n) is 2.82. The molecule has 0 aromatic rings. The number of nitrogens with two attached hydrogens (primary N) is 1. The van der Waals surface area contributed by atoms with Gasteiger partial charge in [0.15, 0.2) is 0 Å². The predicted octanol–water partition coefficient (Wildman–Crippen LogP) is 2.87. The van der Waals surface area contributed by atoms with Crippen LogP contribution in [0.1, 0.15) is 52.9 Å². The molecule has 96 valence electrons. The second-order valence-electron chi connectivity index (χ2n) is 5.78. The summed E-state index contributed by atoms with van der Waals surface area (Å²) in [6.07, 6.45) is 6.53. The highest BCUT2D eigenvalue weighted by atomic mass is 15.1. The minimum Gasteiger partial charge on any atom is -0.327 e. The highest BCUT2D eigenvalue weighted by Crippen LogP contribution is 2.24. The molecule has 0 bridgehead atoms. The topological polar surface area (TPSA) is 29.3 Å². The monoisotopic (exact) mass is 226 g/mol. The third-order valence-corrected chi connectivity index (χ3v) is 3.96. The molecule has 2 nitrogen and oxygen atoms in total. The summed E-state index contributed by atoms with van der Waals surface area (Å²) in [5.74, 6) is 1.79. The Morgan fingerprint density at radius 3 is 2.62 bits per heavy atom. The minimum absolute atomic E-state index is 0.389. The third-order valence-electron chi connectivity index (χ3n) is 3.96. The van der Waals surface area contributed by atoms with Crippen LogP contribution in [0.4, 0.5) is 0 Å². The highest BCUT2D eigenvalue weighted by Gasteiger charge is 2.20. The van der Waals surface area contributed by atoms with E-state index in [4.69, 9.17) is 5.73 Å². The Hall–Kier alpha value is -0.0800. The molecular weight excluding hydrogens is 196 g/mol. The number of hydrogen-bond acceptors (Lipinski definition) is 2. The fourth-order valence-corrected chi connectivity index (χ4v) is 2.82. The highest BCUT2D eigenvalue weighted by molar-refractivity contribution is 4.75. The average Bonchev–Trinajstić information content (AvgIpc) is 2.43. The zero-order valence-corrected chi connectivity index (χ0v) is 11.4. The van der Waals surface area contributed by atoms with Crippen LogP contribution in [0.25, 0.3) is 0 Å². The Morgan fingerprint density at radius 2 is 2.00 bits per heavy atom. The number of rotatable bonds is 5. The van der Waals surface area contributed by atoms with Crippen molar-refractivity contribution in [2.45, 2.75) is 58.9 Å². The van der Waals surface area contributed by atoms with E-state index in [1.54, 1.807) is 0 Å². The maximum atomic E-state index is 6.12. The molecule has 2 N–H and O–H groups in total. The number of nitrogens with zero attached hydrogens (tertiary/aromatic N) is 1. The van der Waals surface area contributed by atoms with Gasteiger partial charge in [0.1, 0.15) is 0 Å². The van der Waals surface area contributed by atoms with Crippen LogP contribution in [0.2, 0.25) is 0 Å². The van der Waals surface area contributed by atoms with Crippen LogP contribution < -0.4 is 5.73 Å². The van der Waals surface area contributed by atoms with Crippen molar-refractivity contribution in [3.63, 3.8) is 0 Å². The lowest BCUT2D eigenvalue weighted by Gasteiger charge is -2.24. The van der Waals surface area contributed by atoms with Crippen molar-refractivity contribution >= 4 is 0 Å². The van der Waals surface area contributed by atoms with Gasteiger partial charge >= 0.3 is 0 Å². The molecule has 0 aliphatic carbocycles. The zero-order chi connectivity index (χ0) is 12.0. The van der Waals surface area contributed by atoms with E-state index in [0.29, 0.717) is 6.04 Å². The van der Waals surface area contributed by atoms with Crippen LogP contribution in [0.3, 0.4) is 0 Å². The lowest BCUT2D eigenvalue weighted by molar-refractivity contribution is 0.252. The molecule has 0 aromatic carbocycles. The van der Waals surface area contributed by atoms with Crippen LogP contribution in [0.5, 0.6) is 0 Å². The van der Waals surface area contributed by atoms with Crippen molar-refractivity contribution in [2.75, 3.05) is 19.6 Å². The van der Waals surface area contributed by atoms with Gasteiger partial charge in [-0.3, -0.25) is 0 Å². The van der Waals surface area contributed by atoms with E-state index >= 15 is 0 Å². The molecule has 0 spiro atoms. The molecule has 0 amide bonds. The quantitative estimate of drug-likeness (QED) is 0.781. The SMILES string of the molecule is CCCC(N)CN1CCCC(C(C)C)CC1. The van der Waals surface area contributed by atoms with Gasteiger partial charge in [-0.1, -0.05) is 27.2 Å².